The third-order valence-corrected chi connectivity index (χ3v) is 5.13. The lowest BCUT2D eigenvalue weighted by atomic mass is 10.2. The number of aliphatic imine (C=N–C) groups is 1. The standard InChI is InChI=1S/C22H20N2O5S/c1-3-29-21(27)16-9-11-17(12-10-16)23-22-24(14-15-7-5-4-6-8-15)20(26)18(30-22)13-19(25)28-2/h4-13H,3,14H2,1-2H3. The van der Waals surface area contributed by atoms with Gasteiger partial charge in [0.15, 0.2) is 5.17 Å². The maximum atomic E-state index is 12.9. The molecule has 0 saturated carbocycles. The first-order chi connectivity index (χ1) is 14.5. The van der Waals surface area contributed by atoms with Crippen LogP contribution >= 0.6 is 11.8 Å². The van der Waals surface area contributed by atoms with Gasteiger partial charge in [0.1, 0.15) is 0 Å². The first-order valence-corrected chi connectivity index (χ1v) is 10.0. The summed E-state index contributed by atoms with van der Waals surface area (Å²) in [5, 5.41) is 0.433. The summed E-state index contributed by atoms with van der Waals surface area (Å²) >= 11 is 1.10. The van der Waals surface area contributed by atoms with Crippen molar-refractivity contribution in [3.8, 4) is 0 Å². The Labute approximate surface area is 178 Å². The summed E-state index contributed by atoms with van der Waals surface area (Å²) in [7, 11) is 1.26. The van der Waals surface area contributed by atoms with Gasteiger partial charge in [0.05, 0.1) is 36.4 Å². The minimum Gasteiger partial charge on any atom is -0.466 e. The molecule has 0 atom stereocenters. The number of methoxy groups -OCH3 is 1. The number of carbonyl (C=O) groups is 3. The van der Waals surface area contributed by atoms with Gasteiger partial charge in [-0.25, -0.2) is 14.6 Å². The molecule has 0 spiro atoms. The van der Waals surface area contributed by atoms with Gasteiger partial charge in [-0.15, -0.1) is 0 Å². The van der Waals surface area contributed by atoms with Gasteiger partial charge in [-0.1, -0.05) is 30.3 Å². The van der Waals surface area contributed by atoms with E-state index in [0.717, 1.165) is 23.4 Å². The van der Waals surface area contributed by atoms with Crippen LogP contribution in [0.25, 0.3) is 0 Å². The number of hydrogen-bond acceptors (Lipinski definition) is 7. The molecule has 3 rings (SSSR count). The Balaban J connectivity index is 1.90. The zero-order chi connectivity index (χ0) is 21.5. The lowest BCUT2D eigenvalue weighted by Crippen LogP contribution is -2.28. The second-order valence-corrected chi connectivity index (χ2v) is 7.18. The molecule has 2 aromatic rings. The normalized spacial score (nSPS) is 16.2. The van der Waals surface area contributed by atoms with Crippen LogP contribution in [-0.4, -0.2) is 41.6 Å². The molecule has 0 N–H and O–H groups in total. The summed E-state index contributed by atoms with van der Waals surface area (Å²) in [6.45, 7) is 2.35. The molecule has 1 fully saturated rings. The van der Waals surface area contributed by atoms with E-state index in [2.05, 4.69) is 9.73 Å². The highest BCUT2D eigenvalue weighted by molar-refractivity contribution is 8.18. The molecule has 0 aromatic heterocycles. The molecule has 0 radical (unpaired) electrons. The largest absolute Gasteiger partial charge is 0.466 e. The van der Waals surface area contributed by atoms with E-state index < -0.39 is 11.9 Å². The number of nitrogens with zero attached hydrogens (tertiary/aromatic N) is 2. The van der Waals surface area contributed by atoms with Gasteiger partial charge in [0.25, 0.3) is 5.91 Å². The second kappa shape index (κ2) is 9.89. The van der Waals surface area contributed by atoms with Crippen molar-refractivity contribution < 1.29 is 23.9 Å². The fourth-order valence-electron chi connectivity index (χ4n) is 2.66. The van der Waals surface area contributed by atoms with Crippen molar-refractivity contribution in [3.05, 3.63) is 76.7 Å². The van der Waals surface area contributed by atoms with Crippen LogP contribution in [0.1, 0.15) is 22.8 Å². The molecule has 1 amide bonds. The van der Waals surface area contributed by atoms with Crippen LogP contribution in [0.4, 0.5) is 5.69 Å². The van der Waals surface area contributed by atoms with Crippen LogP contribution in [-0.2, 0) is 25.6 Å². The summed E-state index contributed by atoms with van der Waals surface area (Å²) in [6, 6.07) is 16.1. The summed E-state index contributed by atoms with van der Waals surface area (Å²) in [5.41, 5.74) is 1.91. The highest BCUT2D eigenvalue weighted by Crippen LogP contribution is 2.34. The van der Waals surface area contributed by atoms with Crippen molar-refractivity contribution in [1.29, 1.82) is 0 Å². The molecule has 7 nitrogen and oxygen atoms in total. The number of rotatable bonds is 6. The molecule has 1 aliphatic rings. The molecule has 0 bridgehead atoms. The van der Waals surface area contributed by atoms with E-state index in [-0.39, 0.29) is 10.8 Å². The van der Waals surface area contributed by atoms with Crippen LogP contribution in [0.15, 0.2) is 70.6 Å². The number of esters is 2. The monoisotopic (exact) mass is 424 g/mol. The van der Waals surface area contributed by atoms with Gasteiger partial charge in [0, 0.05) is 6.08 Å². The summed E-state index contributed by atoms with van der Waals surface area (Å²) in [4.78, 5) is 42.6. The molecule has 154 valence electrons. The van der Waals surface area contributed by atoms with Crippen LogP contribution in [0.3, 0.4) is 0 Å². The summed E-state index contributed by atoms with van der Waals surface area (Å²) < 4.78 is 9.62. The van der Waals surface area contributed by atoms with Crippen LogP contribution < -0.4 is 0 Å². The predicted octanol–water partition coefficient (Wildman–Crippen LogP) is 3.68. The van der Waals surface area contributed by atoms with Crippen molar-refractivity contribution in [2.24, 2.45) is 4.99 Å². The Bertz CT molecular complexity index is 1000. The van der Waals surface area contributed by atoms with E-state index in [0.29, 0.717) is 29.6 Å². The average molecular weight is 424 g/mol. The second-order valence-electron chi connectivity index (χ2n) is 6.17. The van der Waals surface area contributed by atoms with Gasteiger partial charge < -0.3 is 9.47 Å². The number of thioether (sulfide) groups is 1. The van der Waals surface area contributed by atoms with Gasteiger partial charge >= 0.3 is 11.9 Å². The molecule has 2 aromatic carbocycles. The van der Waals surface area contributed by atoms with Gasteiger partial charge in [-0.05, 0) is 48.5 Å². The van der Waals surface area contributed by atoms with Gasteiger partial charge in [0.2, 0.25) is 0 Å². The van der Waals surface area contributed by atoms with Crippen LogP contribution in [0.5, 0.6) is 0 Å². The fourth-order valence-corrected chi connectivity index (χ4v) is 3.62. The van der Waals surface area contributed by atoms with E-state index in [9.17, 15) is 14.4 Å². The smallest absolute Gasteiger partial charge is 0.338 e. The Morgan fingerprint density at radius 1 is 1.10 bits per heavy atom. The van der Waals surface area contributed by atoms with Crippen LogP contribution in [0.2, 0.25) is 0 Å². The maximum absolute atomic E-state index is 12.9. The first-order valence-electron chi connectivity index (χ1n) is 9.21. The number of hydrogen-bond donors (Lipinski definition) is 0. The number of amidine groups is 1. The Kier molecular flexibility index (Phi) is 7.03. The van der Waals surface area contributed by atoms with Gasteiger partial charge in [-0.3, -0.25) is 9.69 Å². The first kappa shape index (κ1) is 21.3. The molecular formula is C22H20N2O5S. The summed E-state index contributed by atoms with van der Waals surface area (Å²) in [6.07, 6.45) is 1.16. The van der Waals surface area contributed by atoms with E-state index in [1.807, 2.05) is 30.3 Å². The van der Waals surface area contributed by atoms with E-state index in [1.54, 1.807) is 31.2 Å². The minimum atomic E-state index is -0.606. The minimum absolute atomic E-state index is 0.236. The number of benzene rings is 2. The fraction of sp³-hybridized carbons (Fsp3) is 0.182. The quantitative estimate of drug-likeness (QED) is 0.519. The molecular weight excluding hydrogens is 404 g/mol. The molecule has 1 saturated heterocycles. The third kappa shape index (κ3) is 5.15. The maximum Gasteiger partial charge on any atom is 0.338 e. The molecule has 0 aliphatic carbocycles. The lowest BCUT2D eigenvalue weighted by molar-refractivity contribution is -0.135. The number of amides is 1. The Morgan fingerprint density at radius 3 is 2.43 bits per heavy atom. The van der Waals surface area contributed by atoms with Gasteiger partial charge in [-0.2, -0.15) is 0 Å². The van der Waals surface area contributed by atoms with Crippen LogP contribution in [0, 0.1) is 0 Å². The molecule has 30 heavy (non-hydrogen) atoms. The molecule has 0 unspecified atom stereocenters. The SMILES string of the molecule is CCOC(=O)c1ccc(N=C2SC(=CC(=O)OC)C(=O)N2Cc2ccccc2)cc1. The highest BCUT2D eigenvalue weighted by atomic mass is 32.2. The Morgan fingerprint density at radius 2 is 1.80 bits per heavy atom. The van der Waals surface area contributed by atoms with E-state index in [4.69, 9.17) is 4.74 Å². The zero-order valence-corrected chi connectivity index (χ0v) is 17.3. The number of ether oxygens (including phenoxy) is 2. The predicted molar refractivity (Wildman–Crippen MR) is 114 cm³/mol. The average Bonchev–Trinajstić information content (AvgIpc) is 3.03. The highest BCUT2D eigenvalue weighted by Gasteiger charge is 2.34. The van der Waals surface area contributed by atoms with Crippen molar-refractivity contribution >= 4 is 40.5 Å². The zero-order valence-electron chi connectivity index (χ0n) is 16.5. The van der Waals surface area contributed by atoms with E-state index >= 15 is 0 Å². The van der Waals surface area contributed by atoms with Crippen molar-refractivity contribution in [3.63, 3.8) is 0 Å². The number of carbonyl (C=O) groups excluding carboxylic acids is 3. The third-order valence-electron chi connectivity index (χ3n) is 4.12. The van der Waals surface area contributed by atoms with Crippen molar-refractivity contribution in [1.82, 2.24) is 4.90 Å². The van der Waals surface area contributed by atoms with E-state index in [1.165, 1.54) is 12.0 Å². The Hall–Kier alpha value is -3.39. The molecule has 1 heterocycles. The van der Waals surface area contributed by atoms with Crippen molar-refractivity contribution in [2.75, 3.05) is 13.7 Å². The van der Waals surface area contributed by atoms with Crippen molar-refractivity contribution in [2.45, 2.75) is 13.5 Å². The lowest BCUT2D eigenvalue weighted by Gasteiger charge is -2.15. The summed E-state index contributed by atoms with van der Waals surface area (Å²) in [5.74, 6) is -1.34. The molecule has 1 aliphatic heterocycles. The topological polar surface area (TPSA) is 85.3 Å². The molecule has 8 heteroatoms.